The lowest BCUT2D eigenvalue weighted by molar-refractivity contribution is -0.0130. The quantitative estimate of drug-likeness (QED) is 0.400. The Kier molecular flexibility index (Phi) is 11.1. The van der Waals surface area contributed by atoms with E-state index >= 15 is 0 Å². The molecule has 0 aromatic rings. The molecule has 1 atom stereocenters. The minimum atomic E-state index is -0.627. The zero-order valence-corrected chi connectivity index (χ0v) is 10.6. The van der Waals surface area contributed by atoms with Crippen molar-refractivity contribution >= 4 is 0 Å². The van der Waals surface area contributed by atoms with Crippen LogP contribution in [0.3, 0.4) is 0 Å². The molecule has 0 heterocycles. The van der Waals surface area contributed by atoms with Gasteiger partial charge in [-0.2, -0.15) is 0 Å². The van der Waals surface area contributed by atoms with E-state index in [-0.39, 0.29) is 6.10 Å². The summed E-state index contributed by atoms with van der Waals surface area (Å²) in [4.78, 5) is 0. The van der Waals surface area contributed by atoms with Crippen molar-refractivity contribution in [3.63, 3.8) is 0 Å². The molecular formula is C11H25NO4. The van der Waals surface area contributed by atoms with Crippen molar-refractivity contribution in [3.8, 4) is 0 Å². The van der Waals surface area contributed by atoms with Crippen LogP contribution >= 0.6 is 0 Å². The molecular weight excluding hydrogens is 210 g/mol. The number of ether oxygens (including phenoxy) is 3. The van der Waals surface area contributed by atoms with E-state index in [4.69, 9.17) is 14.2 Å². The maximum atomic E-state index is 9.42. The standard InChI is InChI=1S/C11H25NO4/c1-4-14-7-8-15-6-5-12-11(13)9-16-10(2)3/h10-13H,4-9H2,1-3H3. The van der Waals surface area contributed by atoms with Crippen LogP contribution in [0.5, 0.6) is 0 Å². The van der Waals surface area contributed by atoms with Gasteiger partial charge in [-0.15, -0.1) is 0 Å². The van der Waals surface area contributed by atoms with E-state index in [9.17, 15) is 5.11 Å². The summed E-state index contributed by atoms with van der Waals surface area (Å²) in [6.45, 7) is 9.22. The Bertz CT molecular complexity index is 144. The van der Waals surface area contributed by atoms with Gasteiger partial charge in [0.15, 0.2) is 0 Å². The monoisotopic (exact) mass is 235 g/mol. The molecule has 5 nitrogen and oxygen atoms in total. The molecule has 0 saturated heterocycles. The van der Waals surface area contributed by atoms with Crippen LogP contribution in [0.4, 0.5) is 0 Å². The van der Waals surface area contributed by atoms with Gasteiger partial charge >= 0.3 is 0 Å². The molecule has 1 unspecified atom stereocenters. The third-order valence-corrected chi connectivity index (χ3v) is 1.79. The van der Waals surface area contributed by atoms with Crippen LogP contribution in [0.2, 0.25) is 0 Å². The van der Waals surface area contributed by atoms with Crippen LogP contribution in [-0.4, -0.2) is 57.0 Å². The molecule has 0 rings (SSSR count). The predicted molar refractivity (Wildman–Crippen MR) is 62.4 cm³/mol. The molecule has 0 aliphatic heterocycles. The topological polar surface area (TPSA) is 60.0 Å². The molecule has 0 spiro atoms. The molecule has 0 aliphatic carbocycles. The number of rotatable bonds is 11. The first-order valence-corrected chi connectivity index (χ1v) is 5.85. The molecule has 0 fully saturated rings. The van der Waals surface area contributed by atoms with Gasteiger partial charge in [-0.1, -0.05) is 0 Å². The highest BCUT2D eigenvalue weighted by molar-refractivity contribution is 4.52. The van der Waals surface area contributed by atoms with Crippen LogP contribution in [-0.2, 0) is 14.2 Å². The maximum Gasteiger partial charge on any atom is 0.128 e. The number of hydrogen-bond donors (Lipinski definition) is 2. The summed E-state index contributed by atoms with van der Waals surface area (Å²) in [7, 11) is 0. The molecule has 0 saturated carbocycles. The van der Waals surface area contributed by atoms with E-state index in [1.165, 1.54) is 0 Å². The van der Waals surface area contributed by atoms with Crippen molar-refractivity contribution in [2.24, 2.45) is 0 Å². The smallest absolute Gasteiger partial charge is 0.128 e. The molecule has 0 aromatic heterocycles. The molecule has 16 heavy (non-hydrogen) atoms. The van der Waals surface area contributed by atoms with Crippen molar-refractivity contribution in [3.05, 3.63) is 0 Å². The first kappa shape index (κ1) is 15.8. The van der Waals surface area contributed by atoms with Crippen LogP contribution in [0.25, 0.3) is 0 Å². The molecule has 0 radical (unpaired) electrons. The Balaban J connectivity index is 3.12. The van der Waals surface area contributed by atoms with Gasteiger partial charge in [-0.25, -0.2) is 0 Å². The zero-order chi connectivity index (χ0) is 12.2. The van der Waals surface area contributed by atoms with E-state index in [2.05, 4.69) is 5.32 Å². The molecule has 0 bridgehead atoms. The van der Waals surface area contributed by atoms with Gasteiger partial charge in [0.1, 0.15) is 6.23 Å². The summed E-state index contributed by atoms with van der Waals surface area (Å²) in [5.74, 6) is 0. The highest BCUT2D eigenvalue weighted by Crippen LogP contribution is 1.89. The second-order valence-corrected chi connectivity index (χ2v) is 3.66. The van der Waals surface area contributed by atoms with Gasteiger partial charge in [0, 0.05) is 13.2 Å². The van der Waals surface area contributed by atoms with E-state index in [1.54, 1.807) is 0 Å². The van der Waals surface area contributed by atoms with Gasteiger partial charge in [0.05, 0.1) is 32.5 Å². The molecule has 0 aliphatic rings. The minimum Gasteiger partial charge on any atom is -0.379 e. The molecule has 5 heteroatoms. The first-order valence-electron chi connectivity index (χ1n) is 5.85. The number of aliphatic hydroxyl groups excluding tert-OH is 1. The molecule has 2 N–H and O–H groups in total. The van der Waals surface area contributed by atoms with Crippen LogP contribution in [0.15, 0.2) is 0 Å². The highest BCUT2D eigenvalue weighted by Gasteiger charge is 2.03. The highest BCUT2D eigenvalue weighted by atomic mass is 16.5. The van der Waals surface area contributed by atoms with Gasteiger partial charge in [-0.3, -0.25) is 5.32 Å². The molecule has 0 amide bonds. The van der Waals surface area contributed by atoms with Gasteiger partial charge in [0.2, 0.25) is 0 Å². The summed E-state index contributed by atoms with van der Waals surface area (Å²) < 4.78 is 15.6. The predicted octanol–water partition coefficient (Wildman–Crippen LogP) is 0.373. The zero-order valence-electron chi connectivity index (χ0n) is 10.6. The lowest BCUT2D eigenvalue weighted by Gasteiger charge is -2.14. The van der Waals surface area contributed by atoms with Crippen LogP contribution in [0, 0.1) is 0 Å². The fourth-order valence-corrected chi connectivity index (χ4v) is 1.00. The van der Waals surface area contributed by atoms with Gasteiger partial charge in [-0.05, 0) is 20.8 Å². The lowest BCUT2D eigenvalue weighted by Crippen LogP contribution is -2.36. The second-order valence-electron chi connectivity index (χ2n) is 3.66. The molecule has 98 valence electrons. The number of aliphatic hydroxyl groups is 1. The Morgan fingerprint density at radius 3 is 2.44 bits per heavy atom. The average Bonchev–Trinajstić information content (AvgIpc) is 2.25. The second kappa shape index (κ2) is 11.3. The van der Waals surface area contributed by atoms with Crippen molar-refractivity contribution in [1.29, 1.82) is 0 Å². The van der Waals surface area contributed by atoms with Crippen molar-refractivity contribution in [2.45, 2.75) is 33.1 Å². The first-order chi connectivity index (χ1) is 7.66. The van der Waals surface area contributed by atoms with Gasteiger partial charge < -0.3 is 19.3 Å². The Hall–Kier alpha value is -0.200. The summed E-state index contributed by atoms with van der Waals surface area (Å²) in [5.41, 5.74) is 0. The number of nitrogens with one attached hydrogen (secondary N) is 1. The average molecular weight is 235 g/mol. The van der Waals surface area contributed by atoms with E-state index in [0.29, 0.717) is 39.6 Å². The fourth-order valence-electron chi connectivity index (χ4n) is 1.00. The largest absolute Gasteiger partial charge is 0.379 e. The van der Waals surface area contributed by atoms with Crippen molar-refractivity contribution in [2.75, 3.05) is 39.6 Å². The summed E-state index contributed by atoms with van der Waals surface area (Å²) >= 11 is 0. The Labute approximate surface area is 98.1 Å². The Morgan fingerprint density at radius 1 is 1.12 bits per heavy atom. The fraction of sp³-hybridized carbons (Fsp3) is 1.00. The van der Waals surface area contributed by atoms with Crippen LogP contribution in [0.1, 0.15) is 20.8 Å². The van der Waals surface area contributed by atoms with E-state index in [1.807, 2.05) is 20.8 Å². The SMILES string of the molecule is CCOCCOCCNC(O)COC(C)C. The number of hydrogen-bond acceptors (Lipinski definition) is 5. The van der Waals surface area contributed by atoms with Crippen LogP contribution < -0.4 is 5.32 Å². The summed E-state index contributed by atoms with van der Waals surface area (Å²) in [5, 5.41) is 12.3. The summed E-state index contributed by atoms with van der Waals surface area (Å²) in [6, 6.07) is 0. The summed E-state index contributed by atoms with van der Waals surface area (Å²) in [6.07, 6.45) is -0.489. The van der Waals surface area contributed by atoms with Crippen molar-refractivity contribution in [1.82, 2.24) is 5.32 Å². The van der Waals surface area contributed by atoms with Crippen molar-refractivity contribution < 1.29 is 19.3 Å². The lowest BCUT2D eigenvalue weighted by atomic mass is 10.5. The molecule has 0 aromatic carbocycles. The third-order valence-electron chi connectivity index (χ3n) is 1.79. The Morgan fingerprint density at radius 2 is 1.81 bits per heavy atom. The third kappa shape index (κ3) is 11.9. The van der Waals surface area contributed by atoms with Gasteiger partial charge in [0.25, 0.3) is 0 Å². The minimum absolute atomic E-state index is 0.138. The normalized spacial score (nSPS) is 13.3. The van der Waals surface area contributed by atoms with E-state index in [0.717, 1.165) is 0 Å². The maximum absolute atomic E-state index is 9.42. The van der Waals surface area contributed by atoms with E-state index < -0.39 is 6.23 Å².